The number of carbonyl (C=O) groups excluding carboxylic acids is 2. The predicted octanol–water partition coefficient (Wildman–Crippen LogP) is 4.57. The number of carbonyl (C=O) groups is 2. The predicted molar refractivity (Wildman–Crippen MR) is 131 cm³/mol. The van der Waals surface area contributed by atoms with Gasteiger partial charge in [0.1, 0.15) is 5.75 Å². The van der Waals surface area contributed by atoms with Crippen LogP contribution < -0.4 is 4.74 Å². The zero-order chi connectivity index (χ0) is 23.4. The van der Waals surface area contributed by atoms with Crippen LogP contribution in [0.15, 0.2) is 60.7 Å². The van der Waals surface area contributed by atoms with Crippen LogP contribution in [0.25, 0.3) is 11.1 Å². The Morgan fingerprint density at radius 2 is 1.85 bits per heavy atom. The summed E-state index contributed by atoms with van der Waals surface area (Å²) in [7, 11) is 5.30. The van der Waals surface area contributed by atoms with Gasteiger partial charge in [-0.25, -0.2) is 0 Å². The summed E-state index contributed by atoms with van der Waals surface area (Å²) >= 11 is 0. The lowest BCUT2D eigenvalue weighted by Gasteiger charge is -2.32. The number of rotatable bonds is 6. The van der Waals surface area contributed by atoms with E-state index in [9.17, 15) is 9.59 Å². The minimum atomic E-state index is -0.574. The van der Waals surface area contributed by atoms with Crippen molar-refractivity contribution in [2.24, 2.45) is 11.3 Å². The first-order valence-electron chi connectivity index (χ1n) is 11.8. The van der Waals surface area contributed by atoms with Gasteiger partial charge >= 0.3 is 0 Å². The number of nitrogens with zero attached hydrogens (tertiary/aromatic N) is 2. The van der Waals surface area contributed by atoms with Crippen molar-refractivity contribution >= 4 is 11.8 Å². The number of benzene rings is 2. The summed E-state index contributed by atoms with van der Waals surface area (Å²) in [4.78, 5) is 30.1. The Morgan fingerprint density at radius 3 is 2.52 bits per heavy atom. The van der Waals surface area contributed by atoms with Crippen LogP contribution in [0.4, 0.5) is 0 Å². The number of methoxy groups -OCH3 is 1. The summed E-state index contributed by atoms with van der Waals surface area (Å²) < 4.78 is 5.50. The summed E-state index contributed by atoms with van der Waals surface area (Å²) in [5, 5.41) is 0. The van der Waals surface area contributed by atoms with Gasteiger partial charge in [0.2, 0.25) is 11.8 Å². The van der Waals surface area contributed by atoms with Crippen molar-refractivity contribution in [3.8, 4) is 16.9 Å². The van der Waals surface area contributed by atoms with E-state index in [4.69, 9.17) is 4.74 Å². The summed E-state index contributed by atoms with van der Waals surface area (Å²) in [6.07, 6.45) is 8.28. The molecular formula is C28H34N2O3. The Kier molecular flexibility index (Phi) is 6.87. The van der Waals surface area contributed by atoms with E-state index in [1.54, 1.807) is 12.0 Å². The van der Waals surface area contributed by atoms with Gasteiger partial charge in [-0.3, -0.25) is 9.59 Å². The van der Waals surface area contributed by atoms with E-state index in [2.05, 4.69) is 36.4 Å². The molecule has 2 amide bonds. The van der Waals surface area contributed by atoms with E-state index in [0.717, 1.165) is 41.7 Å². The molecule has 5 heteroatoms. The summed E-state index contributed by atoms with van der Waals surface area (Å²) in [6, 6.07) is 16.4. The lowest BCUT2D eigenvalue weighted by Crippen LogP contribution is -2.45. The highest BCUT2D eigenvalue weighted by Gasteiger charge is 2.47. The molecular weight excluding hydrogens is 412 g/mol. The van der Waals surface area contributed by atoms with Gasteiger partial charge in [0.25, 0.3) is 0 Å². The highest BCUT2D eigenvalue weighted by atomic mass is 16.5. The number of amides is 2. The van der Waals surface area contributed by atoms with Gasteiger partial charge in [0.05, 0.1) is 12.5 Å². The van der Waals surface area contributed by atoms with Crippen LogP contribution in [0.3, 0.4) is 0 Å². The molecule has 1 aliphatic heterocycles. The monoisotopic (exact) mass is 446 g/mol. The van der Waals surface area contributed by atoms with Crippen LogP contribution in [0.1, 0.15) is 31.2 Å². The third-order valence-electron chi connectivity index (χ3n) is 7.06. The number of hydrogen-bond donors (Lipinski definition) is 0. The number of ether oxygens (including phenoxy) is 1. The van der Waals surface area contributed by atoms with Crippen LogP contribution >= 0.6 is 0 Å². The zero-order valence-electron chi connectivity index (χ0n) is 19.9. The fourth-order valence-electron chi connectivity index (χ4n) is 5.28. The van der Waals surface area contributed by atoms with Crippen molar-refractivity contribution in [1.82, 2.24) is 9.80 Å². The Balaban J connectivity index is 1.54. The summed E-state index contributed by atoms with van der Waals surface area (Å²) in [6.45, 7) is 1.15. The molecule has 0 N–H and O–H groups in total. The van der Waals surface area contributed by atoms with Crippen molar-refractivity contribution in [2.75, 3.05) is 34.3 Å². The van der Waals surface area contributed by atoms with Gasteiger partial charge < -0.3 is 14.5 Å². The summed E-state index contributed by atoms with van der Waals surface area (Å²) in [5.74, 6) is 1.21. The first-order valence-corrected chi connectivity index (χ1v) is 11.8. The second-order valence-electron chi connectivity index (χ2n) is 9.55. The molecule has 0 radical (unpaired) electrons. The molecule has 174 valence electrons. The molecule has 2 aliphatic rings. The molecule has 5 nitrogen and oxygen atoms in total. The molecule has 0 unspecified atom stereocenters. The number of allylic oxidation sites excluding steroid dienone is 2. The maximum Gasteiger partial charge on any atom is 0.230 e. The van der Waals surface area contributed by atoms with Crippen LogP contribution in [-0.2, 0) is 16.0 Å². The molecule has 33 heavy (non-hydrogen) atoms. The molecule has 1 saturated heterocycles. The lowest BCUT2D eigenvalue weighted by atomic mass is 9.79. The van der Waals surface area contributed by atoms with Crippen molar-refractivity contribution in [2.45, 2.75) is 32.1 Å². The lowest BCUT2D eigenvalue weighted by molar-refractivity contribution is -0.140. The average Bonchev–Trinajstić information content (AvgIpc) is 3.29. The highest BCUT2D eigenvalue weighted by molar-refractivity contribution is 5.86. The van der Waals surface area contributed by atoms with E-state index < -0.39 is 5.41 Å². The number of hydrogen-bond acceptors (Lipinski definition) is 3. The normalized spacial score (nSPS) is 22.3. The molecule has 4 rings (SSSR count). The van der Waals surface area contributed by atoms with Crippen LogP contribution in [0.5, 0.6) is 5.75 Å². The van der Waals surface area contributed by atoms with E-state index in [1.165, 1.54) is 0 Å². The maximum absolute atomic E-state index is 13.3. The first-order chi connectivity index (χ1) is 15.9. The van der Waals surface area contributed by atoms with Crippen molar-refractivity contribution < 1.29 is 14.3 Å². The molecule has 1 aliphatic carbocycles. The quantitative estimate of drug-likeness (QED) is 0.611. The number of para-hydroxylation sites is 1. The van der Waals surface area contributed by atoms with E-state index in [0.29, 0.717) is 25.9 Å². The van der Waals surface area contributed by atoms with Gasteiger partial charge in [0, 0.05) is 38.7 Å². The standard InChI is InChI=1S/C28H34N2O3/c1-29(2)27(32)28(17-18-30(20-28)26(31)23-9-5-4-6-10-23)19-21-13-15-22(16-14-21)24-11-7-8-12-25(24)33-3/h4-5,7-8,11-16,23H,6,9-10,17-20H2,1-3H3/t23-,28-/m0/s1. The number of likely N-dealkylation sites (tertiary alicyclic amines) is 1. The Morgan fingerprint density at radius 1 is 1.09 bits per heavy atom. The molecule has 0 saturated carbocycles. The fraction of sp³-hybridized carbons (Fsp3) is 0.429. The molecule has 1 fully saturated rings. The molecule has 0 spiro atoms. The highest BCUT2D eigenvalue weighted by Crippen LogP contribution is 2.38. The maximum atomic E-state index is 13.3. The minimum absolute atomic E-state index is 0.0559. The third kappa shape index (κ3) is 4.82. The Hall–Kier alpha value is -3.08. The Labute approximate surface area is 197 Å². The van der Waals surface area contributed by atoms with Crippen molar-refractivity contribution in [3.05, 3.63) is 66.2 Å². The minimum Gasteiger partial charge on any atom is -0.496 e. The van der Waals surface area contributed by atoms with Gasteiger partial charge in [-0.05, 0) is 49.3 Å². The Bertz CT molecular complexity index is 1030. The van der Waals surface area contributed by atoms with Gasteiger partial charge in [0.15, 0.2) is 0 Å². The second kappa shape index (κ2) is 9.82. The van der Waals surface area contributed by atoms with Crippen LogP contribution in [0, 0.1) is 11.3 Å². The topological polar surface area (TPSA) is 49.9 Å². The first kappa shape index (κ1) is 23.1. The SMILES string of the molecule is COc1ccccc1-c1ccc(C[C@@]2(C(=O)N(C)C)CCN(C(=O)[C@H]3CC=CCC3)C2)cc1. The molecule has 2 aromatic carbocycles. The summed E-state index contributed by atoms with van der Waals surface area (Å²) in [5.41, 5.74) is 2.66. The van der Waals surface area contributed by atoms with E-state index >= 15 is 0 Å². The molecule has 2 aromatic rings. The van der Waals surface area contributed by atoms with Crippen LogP contribution in [-0.4, -0.2) is 55.9 Å². The van der Waals surface area contributed by atoms with Crippen molar-refractivity contribution in [3.63, 3.8) is 0 Å². The van der Waals surface area contributed by atoms with Gasteiger partial charge in [-0.15, -0.1) is 0 Å². The van der Waals surface area contributed by atoms with Crippen LogP contribution in [0.2, 0.25) is 0 Å². The average molecular weight is 447 g/mol. The molecule has 0 aromatic heterocycles. The third-order valence-corrected chi connectivity index (χ3v) is 7.06. The fourth-order valence-corrected chi connectivity index (χ4v) is 5.28. The van der Waals surface area contributed by atoms with E-state index in [1.807, 2.05) is 43.3 Å². The zero-order valence-corrected chi connectivity index (χ0v) is 19.9. The van der Waals surface area contributed by atoms with E-state index in [-0.39, 0.29) is 17.7 Å². The smallest absolute Gasteiger partial charge is 0.230 e. The molecule has 0 bridgehead atoms. The van der Waals surface area contributed by atoms with Crippen molar-refractivity contribution in [1.29, 1.82) is 0 Å². The second-order valence-corrected chi connectivity index (χ2v) is 9.55. The largest absolute Gasteiger partial charge is 0.496 e. The molecule has 2 atom stereocenters. The molecule has 1 heterocycles. The van der Waals surface area contributed by atoms with Gasteiger partial charge in [-0.2, -0.15) is 0 Å². The van der Waals surface area contributed by atoms with Gasteiger partial charge in [-0.1, -0.05) is 54.6 Å².